The topological polar surface area (TPSA) is 48.3 Å². The molecule has 0 saturated carbocycles. The van der Waals surface area contributed by atoms with Gasteiger partial charge in [-0.1, -0.05) is 13.8 Å². The summed E-state index contributed by atoms with van der Waals surface area (Å²) >= 11 is 0. The van der Waals surface area contributed by atoms with Crippen LogP contribution in [0.4, 0.5) is 0 Å². The van der Waals surface area contributed by atoms with Gasteiger partial charge >= 0.3 is 0 Å². The van der Waals surface area contributed by atoms with Crippen molar-refractivity contribution in [2.45, 2.75) is 52.6 Å². The molecular formula is C16H31N3O2. The van der Waals surface area contributed by atoms with Crippen LogP contribution in [-0.4, -0.2) is 43.8 Å². The molecule has 0 bridgehead atoms. The van der Waals surface area contributed by atoms with Crippen molar-refractivity contribution in [1.29, 1.82) is 0 Å². The Bertz CT molecular complexity index is 404. The van der Waals surface area contributed by atoms with E-state index in [-0.39, 0.29) is 0 Å². The minimum atomic E-state index is 0.339. The Kier molecular flexibility index (Phi) is 8.57. The maximum absolute atomic E-state index is 5.65. The number of methoxy groups -OCH3 is 1. The number of nitrogens with one attached hydrogen (secondary N) is 1. The molecule has 0 aliphatic heterocycles. The van der Waals surface area contributed by atoms with E-state index in [4.69, 9.17) is 14.6 Å². The molecular weight excluding hydrogens is 266 g/mol. The summed E-state index contributed by atoms with van der Waals surface area (Å²) in [6.07, 6.45) is 2.91. The minimum absolute atomic E-state index is 0.339. The standard InChI is InChI=1S/C16H31N3O2/c1-6-14-16(13(3)17-4)15(7-2)19(18-14)9-12-21-11-8-10-20-5/h13,17H,6-12H2,1-5H3. The molecule has 0 spiro atoms. The zero-order valence-electron chi connectivity index (χ0n) is 14.2. The number of aromatic nitrogens is 2. The van der Waals surface area contributed by atoms with E-state index < -0.39 is 0 Å². The van der Waals surface area contributed by atoms with E-state index in [1.807, 2.05) is 7.05 Å². The summed E-state index contributed by atoms with van der Waals surface area (Å²) in [7, 11) is 3.72. The molecule has 0 aliphatic rings. The second kappa shape index (κ2) is 9.92. The third-order valence-electron chi connectivity index (χ3n) is 3.80. The van der Waals surface area contributed by atoms with Gasteiger partial charge in [0.05, 0.1) is 18.8 Å². The number of hydrogen-bond acceptors (Lipinski definition) is 4. The fourth-order valence-corrected chi connectivity index (χ4v) is 2.59. The lowest BCUT2D eigenvalue weighted by molar-refractivity contribution is 0.0956. The van der Waals surface area contributed by atoms with Crippen LogP contribution in [0.3, 0.4) is 0 Å². The lowest BCUT2D eigenvalue weighted by atomic mass is 10.0. The molecule has 1 aromatic rings. The molecule has 1 rings (SSSR count). The molecule has 5 nitrogen and oxygen atoms in total. The second-order valence-corrected chi connectivity index (χ2v) is 5.21. The first-order chi connectivity index (χ1) is 10.2. The minimum Gasteiger partial charge on any atom is -0.385 e. The molecule has 1 atom stereocenters. The average molecular weight is 297 g/mol. The van der Waals surface area contributed by atoms with Crippen LogP contribution in [-0.2, 0) is 28.9 Å². The van der Waals surface area contributed by atoms with Crippen molar-refractivity contribution < 1.29 is 9.47 Å². The highest BCUT2D eigenvalue weighted by atomic mass is 16.5. The van der Waals surface area contributed by atoms with E-state index in [2.05, 4.69) is 30.8 Å². The number of rotatable bonds is 11. The van der Waals surface area contributed by atoms with Crippen LogP contribution in [0, 0.1) is 0 Å². The first kappa shape index (κ1) is 18.1. The van der Waals surface area contributed by atoms with E-state index in [9.17, 15) is 0 Å². The number of hydrogen-bond donors (Lipinski definition) is 1. The number of nitrogens with zero attached hydrogens (tertiary/aromatic N) is 2. The normalized spacial score (nSPS) is 12.8. The van der Waals surface area contributed by atoms with Gasteiger partial charge in [-0.15, -0.1) is 0 Å². The van der Waals surface area contributed by atoms with Crippen LogP contribution in [0.1, 0.15) is 50.2 Å². The molecule has 0 aromatic carbocycles. The van der Waals surface area contributed by atoms with Crippen molar-refractivity contribution in [2.75, 3.05) is 34.0 Å². The number of ether oxygens (including phenoxy) is 2. The van der Waals surface area contributed by atoms with Crippen molar-refractivity contribution in [3.8, 4) is 0 Å². The molecule has 0 amide bonds. The van der Waals surface area contributed by atoms with E-state index in [0.29, 0.717) is 12.6 Å². The molecule has 1 aromatic heterocycles. The molecule has 1 heterocycles. The maximum Gasteiger partial charge on any atom is 0.0672 e. The van der Waals surface area contributed by atoms with Crippen LogP contribution in [0.25, 0.3) is 0 Å². The average Bonchev–Trinajstić information content (AvgIpc) is 2.87. The predicted molar refractivity (Wildman–Crippen MR) is 85.8 cm³/mol. The van der Waals surface area contributed by atoms with Crippen molar-refractivity contribution in [2.24, 2.45) is 0 Å². The Balaban J connectivity index is 2.67. The Labute approximate surface area is 129 Å². The summed E-state index contributed by atoms with van der Waals surface area (Å²) in [6, 6.07) is 0.339. The summed E-state index contributed by atoms with van der Waals surface area (Å²) in [5, 5.41) is 8.11. The van der Waals surface area contributed by atoms with Gasteiger partial charge in [0.1, 0.15) is 0 Å². The summed E-state index contributed by atoms with van der Waals surface area (Å²) < 4.78 is 12.8. The van der Waals surface area contributed by atoms with E-state index in [1.165, 1.54) is 17.0 Å². The molecule has 0 fully saturated rings. The maximum atomic E-state index is 5.65. The first-order valence-electron chi connectivity index (χ1n) is 8.01. The molecule has 1 N–H and O–H groups in total. The zero-order valence-corrected chi connectivity index (χ0v) is 14.2. The van der Waals surface area contributed by atoms with Crippen molar-refractivity contribution in [1.82, 2.24) is 15.1 Å². The molecule has 0 radical (unpaired) electrons. The Morgan fingerprint density at radius 3 is 2.52 bits per heavy atom. The summed E-state index contributed by atoms with van der Waals surface area (Å²) in [4.78, 5) is 0. The largest absolute Gasteiger partial charge is 0.385 e. The Hall–Kier alpha value is -0.910. The molecule has 122 valence electrons. The van der Waals surface area contributed by atoms with Gasteiger partial charge in [0.25, 0.3) is 0 Å². The second-order valence-electron chi connectivity index (χ2n) is 5.21. The zero-order chi connectivity index (χ0) is 15.7. The van der Waals surface area contributed by atoms with Crippen LogP contribution in [0.5, 0.6) is 0 Å². The van der Waals surface area contributed by atoms with Crippen molar-refractivity contribution in [3.05, 3.63) is 17.0 Å². The quantitative estimate of drug-likeness (QED) is 0.637. The van der Waals surface area contributed by atoms with Crippen molar-refractivity contribution in [3.63, 3.8) is 0 Å². The third-order valence-corrected chi connectivity index (χ3v) is 3.80. The SMILES string of the molecule is CCc1nn(CCOCCCOC)c(CC)c1C(C)NC. The predicted octanol–water partition coefficient (Wildman–Crippen LogP) is 2.34. The van der Waals surface area contributed by atoms with Gasteiger partial charge in [0.2, 0.25) is 0 Å². The van der Waals surface area contributed by atoms with Gasteiger partial charge in [0, 0.05) is 37.6 Å². The number of aryl methyl sites for hydroxylation is 1. The van der Waals surface area contributed by atoms with E-state index in [1.54, 1.807) is 7.11 Å². The van der Waals surface area contributed by atoms with Crippen LogP contribution < -0.4 is 5.32 Å². The fraction of sp³-hybridized carbons (Fsp3) is 0.812. The van der Waals surface area contributed by atoms with Crippen molar-refractivity contribution >= 4 is 0 Å². The van der Waals surface area contributed by atoms with Gasteiger partial charge < -0.3 is 14.8 Å². The van der Waals surface area contributed by atoms with Gasteiger partial charge in [-0.05, 0) is 33.2 Å². The fourth-order valence-electron chi connectivity index (χ4n) is 2.59. The summed E-state index contributed by atoms with van der Waals surface area (Å²) in [5.74, 6) is 0. The summed E-state index contributed by atoms with van der Waals surface area (Å²) in [6.45, 7) is 9.58. The Morgan fingerprint density at radius 1 is 1.19 bits per heavy atom. The highest BCUT2D eigenvalue weighted by Crippen LogP contribution is 2.23. The van der Waals surface area contributed by atoms with E-state index >= 15 is 0 Å². The monoisotopic (exact) mass is 297 g/mol. The van der Waals surface area contributed by atoms with Crippen LogP contribution >= 0.6 is 0 Å². The molecule has 0 aliphatic carbocycles. The lowest BCUT2D eigenvalue weighted by Crippen LogP contribution is -2.16. The van der Waals surface area contributed by atoms with Crippen LogP contribution in [0.2, 0.25) is 0 Å². The highest BCUT2D eigenvalue weighted by Gasteiger charge is 2.19. The molecule has 21 heavy (non-hydrogen) atoms. The molecule has 5 heteroatoms. The first-order valence-corrected chi connectivity index (χ1v) is 8.01. The summed E-state index contributed by atoms with van der Waals surface area (Å²) in [5.41, 5.74) is 3.89. The lowest BCUT2D eigenvalue weighted by Gasteiger charge is -2.13. The van der Waals surface area contributed by atoms with Gasteiger partial charge in [0.15, 0.2) is 0 Å². The third kappa shape index (κ3) is 5.09. The van der Waals surface area contributed by atoms with Gasteiger partial charge in [-0.2, -0.15) is 5.10 Å². The molecule has 1 unspecified atom stereocenters. The van der Waals surface area contributed by atoms with E-state index in [0.717, 1.165) is 39.0 Å². The Morgan fingerprint density at radius 2 is 1.95 bits per heavy atom. The van der Waals surface area contributed by atoms with Gasteiger partial charge in [-0.3, -0.25) is 4.68 Å². The van der Waals surface area contributed by atoms with Crippen LogP contribution in [0.15, 0.2) is 0 Å². The van der Waals surface area contributed by atoms with Gasteiger partial charge in [-0.25, -0.2) is 0 Å². The smallest absolute Gasteiger partial charge is 0.0672 e. The molecule has 0 saturated heterocycles. The highest BCUT2D eigenvalue weighted by molar-refractivity contribution is 5.30.